The van der Waals surface area contributed by atoms with Gasteiger partial charge in [-0.2, -0.15) is 13.2 Å². The van der Waals surface area contributed by atoms with Crippen LogP contribution in [-0.4, -0.2) is 0 Å². The molecule has 1 aliphatic rings. The van der Waals surface area contributed by atoms with Crippen molar-refractivity contribution in [1.29, 1.82) is 0 Å². The van der Waals surface area contributed by atoms with E-state index in [1.807, 2.05) is 12.1 Å². The van der Waals surface area contributed by atoms with Gasteiger partial charge in [0.05, 0.1) is 5.56 Å². The zero-order valence-corrected chi connectivity index (χ0v) is 12.8. The molecule has 1 saturated carbocycles. The summed E-state index contributed by atoms with van der Waals surface area (Å²) in [6.45, 7) is 0. The standard InChI is InChI=1S/C19H19F3O/c20-19(21,22)16-11-5-7-13-18(16)23-17-12-6-4-10-15(17)14-8-2-1-3-9-14/h4-7,10-14H,1-3,8-9H2. The second-order valence-corrected chi connectivity index (χ2v) is 5.97. The third kappa shape index (κ3) is 3.69. The number of ether oxygens (including phenoxy) is 1. The lowest BCUT2D eigenvalue weighted by Gasteiger charge is -2.24. The van der Waals surface area contributed by atoms with Gasteiger partial charge in [0.1, 0.15) is 11.5 Å². The first-order valence-electron chi connectivity index (χ1n) is 7.99. The first-order chi connectivity index (χ1) is 11.1. The summed E-state index contributed by atoms with van der Waals surface area (Å²) < 4.78 is 45.1. The minimum absolute atomic E-state index is 0.136. The summed E-state index contributed by atoms with van der Waals surface area (Å²) in [6.07, 6.45) is 1.28. The maximum absolute atomic E-state index is 13.1. The Morgan fingerprint density at radius 3 is 2.09 bits per heavy atom. The average molecular weight is 320 g/mol. The normalized spacial score (nSPS) is 16.3. The highest BCUT2D eigenvalue weighted by molar-refractivity contribution is 5.43. The fraction of sp³-hybridized carbons (Fsp3) is 0.368. The smallest absolute Gasteiger partial charge is 0.419 e. The minimum Gasteiger partial charge on any atom is -0.456 e. The van der Waals surface area contributed by atoms with Crippen LogP contribution >= 0.6 is 0 Å². The van der Waals surface area contributed by atoms with Crippen LogP contribution < -0.4 is 4.74 Å². The Kier molecular flexibility index (Phi) is 4.60. The third-order valence-electron chi connectivity index (χ3n) is 4.38. The second-order valence-electron chi connectivity index (χ2n) is 5.97. The highest BCUT2D eigenvalue weighted by Crippen LogP contribution is 2.42. The van der Waals surface area contributed by atoms with E-state index in [-0.39, 0.29) is 5.75 Å². The lowest BCUT2D eigenvalue weighted by molar-refractivity contribution is -0.138. The molecule has 1 nitrogen and oxygen atoms in total. The van der Waals surface area contributed by atoms with E-state index in [4.69, 9.17) is 4.74 Å². The van der Waals surface area contributed by atoms with Crippen molar-refractivity contribution in [2.24, 2.45) is 0 Å². The topological polar surface area (TPSA) is 9.23 Å². The maximum atomic E-state index is 13.1. The van der Waals surface area contributed by atoms with Gasteiger partial charge in [0, 0.05) is 0 Å². The fourth-order valence-electron chi connectivity index (χ4n) is 3.23. The van der Waals surface area contributed by atoms with Crippen molar-refractivity contribution in [2.45, 2.75) is 44.2 Å². The van der Waals surface area contributed by atoms with Gasteiger partial charge in [-0.15, -0.1) is 0 Å². The van der Waals surface area contributed by atoms with Crippen LogP contribution in [0.5, 0.6) is 11.5 Å². The zero-order chi connectivity index (χ0) is 16.3. The molecule has 3 rings (SSSR count). The van der Waals surface area contributed by atoms with Gasteiger partial charge in [-0.1, -0.05) is 49.6 Å². The maximum Gasteiger partial charge on any atom is 0.419 e. The Hall–Kier alpha value is -1.97. The van der Waals surface area contributed by atoms with E-state index in [9.17, 15) is 13.2 Å². The van der Waals surface area contributed by atoms with Gasteiger partial charge >= 0.3 is 6.18 Å². The lowest BCUT2D eigenvalue weighted by Crippen LogP contribution is -2.09. The molecule has 1 aliphatic carbocycles. The minimum atomic E-state index is -4.42. The largest absolute Gasteiger partial charge is 0.456 e. The number of hydrogen-bond acceptors (Lipinski definition) is 1. The molecular formula is C19H19F3O. The monoisotopic (exact) mass is 320 g/mol. The molecule has 0 bridgehead atoms. The van der Waals surface area contributed by atoms with Crippen molar-refractivity contribution < 1.29 is 17.9 Å². The van der Waals surface area contributed by atoms with Gasteiger partial charge in [-0.05, 0) is 42.5 Å². The SMILES string of the molecule is FC(F)(F)c1ccccc1Oc1ccccc1C1CCCCC1. The predicted molar refractivity (Wildman–Crippen MR) is 83.8 cm³/mol. The van der Waals surface area contributed by atoms with Crippen molar-refractivity contribution in [2.75, 3.05) is 0 Å². The van der Waals surface area contributed by atoms with Crippen molar-refractivity contribution in [1.82, 2.24) is 0 Å². The Labute approximate surface area is 134 Å². The molecule has 0 amide bonds. The summed E-state index contributed by atoms with van der Waals surface area (Å²) >= 11 is 0. The second kappa shape index (κ2) is 6.65. The number of benzene rings is 2. The third-order valence-corrected chi connectivity index (χ3v) is 4.38. The molecule has 0 radical (unpaired) electrons. The van der Waals surface area contributed by atoms with Gasteiger partial charge in [0.15, 0.2) is 0 Å². The first kappa shape index (κ1) is 15.9. The van der Waals surface area contributed by atoms with Gasteiger partial charge in [-0.25, -0.2) is 0 Å². The Bertz CT molecular complexity index is 658. The average Bonchev–Trinajstić information content (AvgIpc) is 2.56. The van der Waals surface area contributed by atoms with E-state index < -0.39 is 11.7 Å². The van der Waals surface area contributed by atoms with Crippen LogP contribution in [0, 0.1) is 0 Å². The molecule has 0 spiro atoms. The van der Waals surface area contributed by atoms with Crippen molar-refractivity contribution in [3.05, 3.63) is 59.7 Å². The molecule has 2 aromatic rings. The number of halogens is 3. The molecule has 4 heteroatoms. The van der Waals surface area contributed by atoms with Crippen LogP contribution in [0.1, 0.15) is 49.1 Å². The van der Waals surface area contributed by atoms with Crippen molar-refractivity contribution >= 4 is 0 Å². The van der Waals surface area contributed by atoms with E-state index in [0.717, 1.165) is 37.3 Å². The fourth-order valence-corrected chi connectivity index (χ4v) is 3.23. The van der Waals surface area contributed by atoms with Crippen molar-refractivity contribution in [3.8, 4) is 11.5 Å². The number of para-hydroxylation sites is 2. The van der Waals surface area contributed by atoms with Gasteiger partial charge in [0.2, 0.25) is 0 Å². The van der Waals surface area contributed by atoms with Crippen molar-refractivity contribution in [3.63, 3.8) is 0 Å². The van der Waals surface area contributed by atoms with E-state index in [0.29, 0.717) is 11.7 Å². The molecule has 0 aromatic heterocycles. The molecule has 2 aromatic carbocycles. The van der Waals surface area contributed by atoms with Crippen LogP contribution in [0.15, 0.2) is 48.5 Å². The molecule has 23 heavy (non-hydrogen) atoms. The van der Waals surface area contributed by atoms with E-state index in [2.05, 4.69) is 0 Å². The van der Waals surface area contributed by atoms with Gasteiger partial charge in [-0.3, -0.25) is 0 Å². The lowest BCUT2D eigenvalue weighted by atomic mass is 9.84. The summed E-state index contributed by atoms with van der Waals surface area (Å²) in [4.78, 5) is 0. The summed E-state index contributed by atoms with van der Waals surface area (Å²) in [5.74, 6) is 0.775. The first-order valence-corrected chi connectivity index (χ1v) is 7.99. The van der Waals surface area contributed by atoms with E-state index in [1.54, 1.807) is 18.2 Å². The quantitative estimate of drug-likeness (QED) is 0.623. The van der Waals surface area contributed by atoms with E-state index >= 15 is 0 Å². The Balaban J connectivity index is 1.92. The molecule has 0 aliphatic heterocycles. The molecule has 0 atom stereocenters. The molecule has 0 unspecified atom stereocenters. The van der Waals surface area contributed by atoms with Gasteiger partial charge < -0.3 is 4.74 Å². The molecule has 0 N–H and O–H groups in total. The molecule has 1 fully saturated rings. The van der Waals surface area contributed by atoms with Crippen LogP contribution in [0.3, 0.4) is 0 Å². The molecule has 0 saturated heterocycles. The highest BCUT2D eigenvalue weighted by atomic mass is 19.4. The summed E-state index contributed by atoms with van der Waals surface area (Å²) in [7, 11) is 0. The van der Waals surface area contributed by atoms with E-state index in [1.165, 1.54) is 18.6 Å². The highest BCUT2D eigenvalue weighted by Gasteiger charge is 2.34. The summed E-state index contributed by atoms with van der Waals surface area (Å²) in [5, 5.41) is 0. The van der Waals surface area contributed by atoms with Crippen LogP contribution in [0.4, 0.5) is 13.2 Å². The van der Waals surface area contributed by atoms with Crippen LogP contribution in [0.25, 0.3) is 0 Å². The predicted octanol–water partition coefficient (Wildman–Crippen LogP) is 6.55. The molecule has 122 valence electrons. The van der Waals surface area contributed by atoms with Crippen LogP contribution in [0.2, 0.25) is 0 Å². The zero-order valence-electron chi connectivity index (χ0n) is 12.8. The molecule has 0 heterocycles. The number of rotatable bonds is 3. The van der Waals surface area contributed by atoms with Gasteiger partial charge in [0.25, 0.3) is 0 Å². The summed E-state index contributed by atoms with van der Waals surface area (Å²) in [5.41, 5.74) is 0.280. The number of hydrogen-bond donors (Lipinski definition) is 0. The summed E-state index contributed by atoms with van der Waals surface area (Å²) in [6, 6.07) is 12.8. The van der Waals surface area contributed by atoms with Crippen LogP contribution in [-0.2, 0) is 6.18 Å². The Morgan fingerprint density at radius 1 is 0.783 bits per heavy atom. The molecular weight excluding hydrogens is 301 g/mol. The number of alkyl halides is 3. The Morgan fingerprint density at radius 2 is 1.39 bits per heavy atom.